The maximum absolute atomic E-state index is 9.60. The third-order valence-corrected chi connectivity index (χ3v) is 0.836. The summed E-state index contributed by atoms with van der Waals surface area (Å²) >= 11 is 0. The van der Waals surface area contributed by atoms with E-state index in [0.29, 0.717) is 0 Å². The van der Waals surface area contributed by atoms with Gasteiger partial charge in [-0.15, -0.1) is 0 Å². The van der Waals surface area contributed by atoms with E-state index in [-0.39, 0.29) is 6.10 Å². The third-order valence-electron chi connectivity index (χ3n) is 0.406. The van der Waals surface area contributed by atoms with E-state index in [1.807, 2.05) is 9.47 Å². The molecule has 0 N–H and O–H groups in total. The predicted molar refractivity (Wildman–Crippen MR) is 26.3 cm³/mol. The van der Waals surface area contributed by atoms with Crippen molar-refractivity contribution < 1.29 is 9.32 Å². The van der Waals surface area contributed by atoms with Gasteiger partial charge in [0.05, 0.1) is 0 Å². The lowest BCUT2D eigenvalue weighted by Crippen LogP contribution is -2.00. The molecule has 0 amide bonds. The predicted octanol–water partition coefficient (Wildman–Crippen LogP) is 0.380. The normalized spacial score (nSPS) is 13.7. The van der Waals surface area contributed by atoms with E-state index in [1.165, 1.54) is 0 Å². The number of carbonyl (C=O) groups is 1. The highest BCUT2D eigenvalue weighted by Crippen LogP contribution is 1.90. The molecule has 0 aromatic heterocycles. The summed E-state index contributed by atoms with van der Waals surface area (Å²) in [7, 11) is 2.01. The average Bonchev–Trinajstić information content (AvgIpc) is 1.65. The first-order chi connectivity index (χ1) is 2.81. The van der Waals surface area contributed by atoms with Crippen LogP contribution < -0.4 is 0 Å². The van der Waals surface area contributed by atoms with Crippen molar-refractivity contribution in [2.75, 3.05) is 0 Å². The average molecular weight is 106 g/mol. The van der Waals surface area contributed by atoms with Gasteiger partial charge in [-0.3, -0.25) is 0 Å². The van der Waals surface area contributed by atoms with Gasteiger partial charge < -0.3 is 9.32 Å². The molecule has 2 nitrogen and oxygen atoms in total. The molecular weight excluding hydrogens is 99.0 g/mol. The summed E-state index contributed by atoms with van der Waals surface area (Å²) in [4.78, 5) is 9.60. The summed E-state index contributed by atoms with van der Waals surface area (Å²) in [5.41, 5.74) is 0. The van der Waals surface area contributed by atoms with E-state index in [1.54, 1.807) is 6.92 Å². The lowest BCUT2D eigenvalue weighted by molar-refractivity contribution is -0.112. The maximum Gasteiger partial charge on any atom is 0.148 e. The fraction of sp³-hybridized carbons (Fsp3) is 0.667. The van der Waals surface area contributed by atoms with E-state index in [0.717, 1.165) is 6.29 Å². The van der Waals surface area contributed by atoms with Crippen molar-refractivity contribution in [2.24, 2.45) is 0 Å². The van der Waals surface area contributed by atoms with Gasteiger partial charge in [-0.25, -0.2) is 0 Å². The molecule has 0 radical (unpaired) electrons. The smallest absolute Gasteiger partial charge is 0.148 e. The Kier molecular flexibility index (Phi) is 3.29. The van der Waals surface area contributed by atoms with E-state index in [9.17, 15) is 4.79 Å². The van der Waals surface area contributed by atoms with Crippen LogP contribution in [0.2, 0.25) is 0 Å². The summed E-state index contributed by atoms with van der Waals surface area (Å²) < 4.78 is 4.45. The molecule has 0 aromatic rings. The Morgan fingerprint density at radius 3 is 2.50 bits per heavy atom. The van der Waals surface area contributed by atoms with Gasteiger partial charge in [0, 0.05) is 9.47 Å². The zero-order chi connectivity index (χ0) is 4.99. The van der Waals surface area contributed by atoms with Crippen LogP contribution in [-0.2, 0) is 9.32 Å². The van der Waals surface area contributed by atoms with E-state index >= 15 is 0 Å². The number of rotatable bonds is 2. The Hall–Kier alpha value is 0.0600. The molecule has 0 aliphatic carbocycles. The summed E-state index contributed by atoms with van der Waals surface area (Å²) in [5.74, 6) is 0. The second-order valence-corrected chi connectivity index (χ2v) is 1.25. The van der Waals surface area contributed by atoms with Crippen molar-refractivity contribution in [1.82, 2.24) is 0 Å². The van der Waals surface area contributed by atoms with Crippen LogP contribution >= 0.6 is 9.47 Å². The Balaban J connectivity index is 2.96. The zero-order valence-corrected chi connectivity index (χ0v) is 4.70. The molecule has 2 atom stereocenters. The summed E-state index contributed by atoms with van der Waals surface area (Å²) in [6.45, 7) is 1.67. The van der Waals surface area contributed by atoms with Gasteiger partial charge in [0.2, 0.25) is 0 Å². The lowest BCUT2D eigenvalue weighted by Gasteiger charge is -1.93. The van der Waals surface area contributed by atoms with Gasteiger partial charge in [-0.2, -0.15) is 0 Å². The molecule has 0 rings (SSSR count). The highest BCUT2D eigenvalue weighted by Gasteiger charge is 1.89. The zero-order valence-electron chi connectivity index (χ0n) is 3.55. The van der Waals surface area contributed by atoms with E-state index in [2.05, 4.69) is 4.52 Å². The molecule has 0 aliphatic heterocycles. The highest BCUT2D eigenvalue weighted by atomic mass is 31.0. The maximum atomic E-state index is 9.60. The number of hydrogen-bond acceptors (Lipinski definition) is 2. The highest BCUT2D eigenvalue weighted by molar-refractivity contribution is 7.09. The molecule has 0 aliphatic rings. The second-order valence-electron chi connectivity index (χ2n) is 0.977. The Morgan fingerprint density at radius 1 is 2.00 bits per heavy atom. The van der Waals surface area contributed by atoms with Gasteiger partial charge in [0.25, 0.3) is 0 Å². The first-order valence-corrected chi connectivity index (χ1v) is 2.09. The lowest BCUT2D eigenvalue weighted by atomic mass is 10.5. The number of carbonyl (C=O) groups excluding carboxylic acids is 1. The van der Waals surface area contributed by atoms with Crippen molar-refractivity contribution in [1.29, 1.82) is 0 Å². The molecule has 36 valence electrons. The van der Waals surface area contributed by atoms with Crippen molar-refractivity contribution >= 4 is 15.8 Å². The Bertz CT molecular complexity index is 46.1. The van der Waals surface area contributed by atoms with Crippen LogP contribution in [0.1, 0.15) is 6.92 Å². The minimum atomic E-state index is -0.282. The molecule has 0 aromatic carbocycles. The van der Waals surface area contributed by atoms with Crippen LogP contribution in [0.4, 0.5) is 0 Å². The van der Waals surface area contributed by atoms with Crippen molar-refractivity contribution in [2.45, 2.75) is 13.0 Å². The molecule has 0 spiro atoms. The minimum Gasteiger partial charge on any atom is -0.355 e. The topological polar surface area (TPSA) is 26.3 Å². The van der Waals surface area contributed by atoms with Gasteiger partial charge in [-0.05, 0) is 6.92 Å². The molecule has 0 saturated carbocycles. The summed E-state index contributed by atoms with van der Waals surface area (Å²) in [5, 5.41) is 0. The molecule has 0 saturated heterocycles. The molecule has 3 heteroatoms. The molecule has 0 fully saturated rings. The van der Waals surface area contributed by atoms with Crippen molar-refractivity contribution in [3.05, 3.63) is 0 Å². The van der Waals surface area contributed by atoms with Gasteiger partial charge in [0.15, 0.2) is 0 Å². The largest absolute Gasteiger partial charge is 0.355 e. The minimum absolute atomic E-state index is 0.282. The first-order valence-electron chi connectivity index (χ1n) is 1.62. The summed E-state index contributed by atoms with van der Waals surface area (Å²) in [6, 6.07) is 0. The van der Waals surface area contributed by atoms with Gasteiger partial charge in [0.1, 0.15) is 12.4 Å². The molecular formula is C3H7O2P. The van der Waals surface area contributed by atoms with Crippen LogP contribution in [0.3, 0.4) is 0 Å². The van der Waals surface area contributed by atoms with Crippen molar-refractivity contribution in [3.8, 4) is 0 Å². The summed E-state index contributed by atoms with van der Waals surface area (Å²) in [6.07, 6.45) is 0.447. The SMILES string of the molecule is C[C@@H](C=O)OP. The standard InChI is InChI=1S/C3H7O2P/c1-3(2-4)5-6/h2-3H,6H2,1H3/t3-/m0/s1. The van der Waals surface area contributed by atoms with Crippen LogP contribution in [-0.4, -0.2) is 12.4 Å². The third kappa shape index (κ3) is 2.31. The molecule has 6 heavy (non-hydrogen) atoms. The molecule has 1 unspecified atom stereocenters. The number of aldehydes is 1. The number of hydrogen-bond donors (Lipinski definition) is 0. The first kappa shape index (κ1) is 6.06. The Labute approximate surface area is 39.2 Å². The Morgan fingerprint density at radius 2 is 2.50 bits per heavy atom. The van der Waals surface area contributed by atoms with Gasteiger partial charge >= 0.3 is 0 Å². The van der Waals surface area contributed by atoms with Gasteiger partial charge in [-0.1, -0.05) is 0 Å². The van der Waals surface area contributed by atoms with Crippen LogP contribution in [0, 0.1) is 0 Å². The van der Waals surface area contributed by atoms with E-state index in [4.69, 9.17) is 0 Å². The second kappa shape index (κ2) is 3.26. The van der Waals surface area contributed by atoms with E-state index < -0.39 is 0 Å². The molecule has 0 bridgehead atoms. The fourth-order valence-corrected chi connectivity index (χ4v) is 0.0962. The fourth-order valence-electron chi connectivity index (χ4n) is 0.0321. The van der Waals surface area contributed by atoms with Crippen LogP contribution in [0.25, 0.3) is 0 Å². The molecule has 0 heterocycles. The van der Waals surface area contributed by atoms with Crippen molar-refractivity contribution in [3.63, 3.8) is 0 Å². The quantitative estimate of drug-likeness (QED) is 0.375. The van der Waals surface area contributed by atoms with Crippen LogP contribution in [0.5, 0.6) is 0 Å². The monoisotopic (exact) mass is 106 g/mol. The van der Waals surface area contributed by atoms with Crippen LogP contribution in [0.15, 0.2) is 0 Å².